The molecule has 0 atom stereocenters. The van der Waals surface area contributed by atoms with Crippen LogP contribution in [0.15, 0.2) is 52.9 Å². The second-order valence-corrected chi connectivity index (χ2v) is 4.42. The number of hydrogen-bond acceptors (Lipinski definition) is 5. The van der Waals surface area contributed by atoms with Crippen LogP contribution in [0.1, 0.15) is 15.9 Å². The lowest BCUT2D eigenvalue weighted by Crippen LogP contribution is -2.00. The van der Waals surface area contributed by atoms with E-state index in [1.165, 1.54) is 24.3 Å². The minimum absolute atomic E-state index is 0.158. The van der Waals surface area contributed by atoms with E-state index in [1.807, 2.05) is 0 Å². The molecule has 0 aliphatic heterocycles. The molecule has 0 spiro atoms. The molecule has 0 radical (unpaired) electrons. The Bertz CT molecular complexity index is 724. The van der Waals surface area contributed by atoms with Gasteiger partial charge in [-0.05, 0) is 48.5 Å². The normalized spacial score (nSPS) is 9.89. The van der Waals surface area contributed by atoms with Crippen molar-refractivity contribution >= 4 is 27.7 Å². The van der Waals surface area contributed by atoms with Crippen LogP contribution in [-0.2, 0) is 10.5 Å². The molecule has 0 aliphatic carbocycles. The summed E-state index contributed by atoms with van der Waals surface area (Å²) in [7, 11) is -2.50. The maximum Gasteiger partial charge on any atom is 0.316 e. The van der Waals surface area contributed by atoms with E-state index < -0.39 is 10.5 Å². The minimum atomic E-state index is -2.50. The van der Waals surface area contributed by atoms with Gasteiger partial charge < -0.3 is 5.73 Å². The number of nitrogens with two attached hydrogens (primary N) is 1. The van der Waals surface area contributed by atoms with Gasteiger partial charge in [-0.2, -0.15) is 8.42 Å². The van der Waals surface area contributed by atoms with E-state index in [9.17, 15) is 13.2 Å². The van der Waals surface area contributed by atoms with Crippen LogP contribution in [0, 0.1) is 0 Å². The lowest BCUT2D eigenvalue weighted by molar-refractivity contribution is 0.103. The summed E-state index contributed by atoms with van der Waals surface area (Å²) in [6.45, 7) is 0. The largest absolute Gasteiger partial charge is 0.399 e. The van der Waals surface area contributed by atoms with Crippen LogP contribution in [0.5, 0.6) is 0 Å². The van der Waals surface area contributed by atoms with Crippen molar-refractivity contribution in [2.75, 3.05) is 5.73 Å². The van der Waals surface area contributed by atoms with E-state index in [4.69, 9.17) is 5.73 Å². The van der Waals surface area contributed by atoms with Crippen molar-refractivity contribution < 1.29 is 13.2 Å². The number of benzene rings is 2. The van der Waals surface area contributed by atoms with Gasteiger partial charge in [0.2, 0.25) is 0 Å². The molecule has 0 aliphatic rings. The summed E-state index contributed by atoms with van der Waals surface area (Å²) >= 11 is 0. The van der Waals surface area contributed by atoms with Gasteiger partial charge in [-0.1, -0.05) is 0 Å². The van der Waals surface area contributed by atoms with Gasteiger partial charge in [0, 0.05) is 16.8 Å². The number of rotatable bonds is 3. The highest BCUT2D eigenvalue weighted by molar-refractivity contribution is 7.61. The minimum Gasteiger partial charge on any atom is -0.399 e. The predicted molar refractivity (Wildman–Crippen MR) is 71.7 cm³/mol. The van der Waals surface area contributed by atoms with Crippen LogP contribution in [0.3, 0.4) is 0 Å². The van der Waals surface area contributed by atoms with Gasteiger partial charge in [0.05, 0.1) is 5.69 Å². The van der Waals surface area contributed by atoms with Crippen LogP contribution >= 0.6 is 0 Å². The number of carbonyl (C=O) groups excluding carboxylic acids is 1. The Labute approximate surface area is 111 Å². The topological polar surface area (TPSA) is 89.6 Å². The second kappa shape index (κ2) is 5.45. The molecule has 0 heterocycles. The number of nitrogens with zero attached hydrogens (tertiary/aromatic N) is 1. The van der Waals surface area contributed by atoms with Crippen molar-refractivity contribution in [1.29, 1.82) is 0 Å². The fourth-order valence-electron chi connectivity index (χ4n) is 1.56. The number of nitrogen functional groups attached to an aromatic ring is 1. The van der Waals surface area contributed by atoms with Crippen LogP contribution in [-0.4, -0.2) is 14.2 Å². The molecule has 2 rings (SSSR count). The molecule has 0 saturated heterocycles. The molecule has 5 nitrogen and oxygen atoms in total. The van der Waals surface area contributed by atoms with Gasteiger partial charge in [0.25, 0.3) is 0 Å². The Morgan fingerprint density at radius 1 is 0.895 bits per heavy atom. The van der Waals surface area contributed by atoms with Gasteiger partial charge >= 0.3 is 10.5 Å². The first-order valence-electron chi connectivity index (χ1n) is 5.38. The molecule has 0 fully saturated rings. The molecule has 0 aromatic heterocycles. The van der Waals surface area contributed by atoms with Crippen molar-refractivity contribution in [1.82, 2.24) is 0 Å². The van der Waals surface area contributed by atoms with Crippen molar-refractivity contribution in [3.63, 3.8) is 0 Å². The maximum atomic E-state index is 12.1. The van der Waals surface area contributed by atoms with Gasteiger partial charge in [0.15, 0.2) is 5.78 Å². The van der Waals surface area contributed by atoms with Gasteiger partial charge in [-0.3, -0.25) is 4.79 Å². The SMILES string of the molecule is Nc1ccc(C(=O)c2ccc(N=S(=O)=O)cc2)cc1. The third-order valence-corrected chi connectivity index (χ3v) is 2.84. The van der Waals surface area contributed by atoms with Gasteiger partial charge in [0.1, 0.15) is 0 Å². The summed E-state index contributed by atoms with van der Waals surface area (Å²) in [6, 6.07) is 12.6. The van der Waals surface area contributed by atoms with Crippen molar-refractivity contribution in [3.05, 3.63) is 59.7 Å². The van der Waals surface area contributed by atoms with E-state index in [0.29, 0.717) is 16.8 Å². The van der Waals surface area contributed by atoms with Crippen molar-refractivity contribution in [3.8, 4) is 0 Å². The molecule has 2 aromatic carbocycles. The van der Waals surface area contributed by atoms with E-state index in [-0.39, 0.29) is 11.5 Å². The predicted octanol–water partition coefficient (Wildman–Crippen LogP) is 2.19. The fraction of sp³-hybridized carbons (Fsp3) is 0. The van der Waals surface area contributed by atoms with Crippen molar-refractivity contribution in [2.24, 2.45) is 4.36 Å². The molecule has 0 bridgehead atoms. The second-order valence-electron chi connectivity index (χ2n) is 3.81. The molecule has 0 unspecified atom stereocenters. The van der Waals surface area contributed by atoms with E-state index in [0.717, 1.165) is 0 Å². The summed E-state index contributed by atoms with van der Waals surface area (Å²) in [5, 5.41) is 0. The lowest BCUT2D eigenvalue weighted by Gasteiger charge is -2.01. The van der Waals surface area contributed by atoms with Crippen LogP contribution in [0.25, 0.3) is 0 Å². The Morgan fingerprint density at radius 2 is 1.37 bits per heavy atom. The third-order valence-electron chi connectivity index (χ3n) is 2.48. The van der Waals surface area contributed by atoms with E-state index in [1.54, 1.807) is 24.3 Å². The van der Waals surface area contributed by atoms with Crippen LogP contribution < -0.4 is 5.73 Å². The average Bonchev–Trinajstić information content (AvgIpc) is 2.39. The first-order chi connectivity index (χ1) is 9.06. The summed E-state index contributed by atoms with van der Waals surface area (Å²) < 4.78 is 24.1. The fourth-order valence-corrected chi connectivity index (χ4v) is 1.85. The quantitative estimate of drug-likeness (QED) is 0.686. The first kappa shape index (κ1) is 13.0. The number of ketones is 1. The highest BCUT2D eigenvalue weighted by Crippen LogP contribution is 2.16. The molecular weight excluding hydrogens is 264 g/mol. The number of carbonyl (C=O) groups is 1. The monoisotopic (exact) mass is 274 g/mol. The van der Waals surface area contributed by atoms with Crippen molar-refractivity contribution in [2.45, 2.75) is 0 Å². The molecule has 0 amide bonds. The summed E-state index contributed by atoms with van der Waals surface area (Å²) in [4.78, 5) is 12.1. The molecule has 6 heteroatoms. The Balaban J connectivity index is 2.29. The Kier molecular flexibility index (Phi) is 3.72. The molecule has 96 valence electrons. The number of anilines is 1. The molecule has 2 aromatic rings. The zero-order valence-electron chi connectivity index (χ0n) is 9.78. The standard InChI is InChI=1S/C13H10N2O3S/c14-11-5-1-9(2-6-11)13(16)10-3-7-12(8-4-10)15-19(17)18/h1-8H,14H2. The molecule has 0 saturated carbocycles. The van der Waals surface area contributed by atoms with E-state index in [2.05, 4.69) is 4.36 Å². The van der Waals surface area contributed by atoms with E-state index >= 15 is 0 Å². The third kappa shape index (κ3) is 3.26. The smallest absolute Gasteiger partial charge is 0.316 e. The molecule has 2 N–H and O–H groups in total. The van der Waals surface area contributed by atoms with Gasteiger partial charge in [-0.15, -0.1) is 4.36 Å². The first-order valence-corrected chi connectivity index (χ1v) is 6.41. The average molecular weight is 274 g/mol. The zero-order valence-corrected chi connectivity index (χ0v) is 10.6. The lowest BCUT2D eigenvalue weighted by atomic mass is 10.0. The Hall–Kier alpha value is -2.47. The highest BCUT2D eigenvalue weighted by atomic mass is 32.2. The van der Waals surface area contributed by atoms with Crippen LogP contribution in [0.4, 0.5) is 11.4 Å². The summed E-state index contributed by atoms with van der Waals surface area (Å²) in [5.74, 6) is -0.158. The highest BCUT2D eigenvalue weighted by Gasteiger charge is 2.08. The summed E-state index contributed by atoms with van der Waals surface area (Å²) in [5.41, 5.74) is 7.39. The Morgan fingerprint density at radius 3 is 1.84 bits per heavy atom. The zero-order chi connectivity index (χ0) is 13.8. The summed E-state index contributed by atoms with van der Waals surface area (Å²) in [6.07, 6.45) is 0. The van der Waals surface area contributed by atoms with Gasteiger partial charge in [-0.25, -0.2) is 0 Å². The number of hydrogen-bond donors (Lipinski definition) is 1. The maximum absolute atomic E-state index is 12.1. The molecular formula is C13H10N2O3S. The van der Waals surface area contributed by atoms with Crippen LogP contribution in [0.2, 0.25) is 0 Å². The molecule has 19 heavy (non-hydrogen) atoms.